The highest BCUT2D eigenvalue weighted by atomic mass is 16.5. The normalized spacial score (nSPS) is 25.9. The lowest BCUT2D eigenvalue weighted by molar-refractivity contribution is -0.123. The number of likely N-dealkylation sites (tertiary alicyclic amines) is 2. The van der Waals surface area contributed by atoms with Crippen LogP contribution in [0.4, 0.5) is 0 Å². The maximum absolute atomic E-state index is 13.2. The molecule has 0 saturated carbocycles. The lowest BCUT2D eigenvalue weighted by Crippen LogP contribution is -2.56. The smallest absolute Gasteiger partial charge is 0.254 e. The van der Waals surface area contributed by atoms with Crippen LogP contribution >= 0.6 is 0 Å². The van der Waals surface area contributed by atoms with Gasteiger partial charge in [-0.15, -0.1) is 0 Å². The number of nitrogens with zero attached hydrogens (tertiary/aromatic N) is 2. The first-order valence-corrected chi connectivity index (χ1v) is 11.5. The largest absolute Gasteiger partial charge is 0.497 e. The summed E-state index contributed by atoms with van der Waals surface area (Å²) in [6.45, 7) is 8.71. The number of fused-ring (bicyclic) bond motifs is 2. The van der Waals surface area contributed by atoms with Gasteiger partial charge in [-0.3, -0.25) is 9.59 Å². The second-order valence-electron chi connectivity index (χ2n) is 9.48. The maximum atomic E-state index is 13.2. The first-order valence-electron chi connectivity index (χ1n) is 11.5. The Labute approximate surface area is 185 Å². The zero-order valence-corrected chi connectivity index (χ0v) is 19.1. The SMILES string of the molecule is CC[C@H](C)CN1C[C@H]2C(=O)NC3(CCN(C(=O)c4cc(OC)cc(OC)c4)CC3)[C@H]2C1. The van der Waals surface area contributed by atoms with Gasteiger partial charge in [-0.25, -0.2) is 0 Å². The van der Waals surface area contributed by atoms with E-state index in [1.807, 2.05) is 4.90 Å². The molecule has 31 heavy (non-hydrogen) atoms. The van der Waals surface area contributed by atoms with Crippen molar-refractivity contribution in [1.29, 1.82) is 0 Å². The Morgan fingerprint density at radius 3 is 2.39 bits per heavy atom. The second kappa shape index (κ2) is 8.69. The highest BCUT2D eigenvalue weighted by molar-refractivity contribution is 5.95. The quantitative estimate of drug-likeness (QED) is 0.752. The van der Waals surface area contributed by atoms with Crippen LogP contribution in [0.1, 0.15) is 43.5 Å². The van der Waals surface area contributed by atoms with Gasteiger partial charge in [0.05, 0.1) is 20.1 Å². The van der Waals surface area contributed by atoms with Gasteiger partial charge in [0.1, 0.15) is 11.5 Å². The van der Waals surface area contributed by atoms with E-state index >= 15 is 0 Å². The molecule has 7 nitrogen and oxygen atoms in total. The number of amides is 2. The van der Waals surface area contributed by atoms with Crippen LogP contribution in [0.15, 0.2) is 18.2 Å². The van der Waals surface area contributed by atoms with E-state index in [0.717, 1.165) is 38.9 Å². The Bertz CT molecular complexity index is 812. The van der Waals surface area contributed by atoms with Crippen LogP contribution in [-0.2, 0) is 4.79 Å². The van der Waals surface area contributed by atoms with Crippen LogP contribution in [0, 0.1) is 17.8 Å². The number of rotatable bonds is 6. The predicted molar refractivity (Wildman–Crippen MR) is 118 cm³/mol. The molecule has 170 valence electrons. The molecule has 1 N–H and O–H groups in total. The van der Waals surface area contributed by atoms with E-state index in [4.69, 9.17) is 9.47 Å². The van der Waals surface area contributed by atoms with Crippen molar-refractivity contribution in [3.8, 4) is 11.5 Å². The van der Waals surface area contributed by atoms with Gasteiger partial charge in [-0.05, 0) is 30.9 Å². The van der Waals surface area contributed by atoms with Gasteiger partial charge in [0, 0.05) is 55.8 Å². The minimum absolute atomic E-state index is 0.0160. The summed E-state index contributed by atoms with van der Waals surface area (Å²) in [7, 11) is 3.16. The van der Waals surface area contributed by atoms with Crippen molar-refractivity contribution in [3.63, 3.8) is 0 Å². The number of piperidine rings is 1. The van der Waals surface area contributed by atoms with Crippen LogP contribution in [0.2, 0.25) is 0 Å². The van der Waals surface area contributed by atoms with E-state index in [2.05, 4.69) is 24.1 Å². The minimum atomic E-state index is -0.172. The van der Waals surface area contributed by atoms with Gasteiger partial charge in [-0.2, -0.15) is 0 Å². The number of methoxy groups -OCH3 is 2. The summed E-state index contributed by atoms with van der Waals surface area (Å²) >= 11 is 0. The van der Waals surface area contributed by atoms with Crippen molar-refractivity contribution in [2.45, 2.75) is 38.6 Å². The average Bonchev–Trinajstić information content (AvgIpc) is 3.32. The molecule has 1 spiro atoms. The third-order valence-electron chi connectivity index (χ3n) is 7.62. The molecule has 4 rings (SSSR count). The third-order valence-corrected chi connectivity index (χ3v) is 7.62. The van der Waals surface area contributed by atoms with Crippen LogP contribution in [0.5, 0.6) is 11.5 Å². The molecule has 1 aromatic rings. The van der Waals surface area contributed by atoms with Crippen LogP contribution in [-0.4, -0.2) is 74.1 Å². The van der Waals surface area contributed by atoms with Gasteiger partial charge in [0.25, 0.3) is 5.91 Å². The Morgan fingerprint density at radius 2 is 1.81 bits per heavy atom. The first-order chi connectivity index (χ1) is 14.9. The zero-order chi connectivity index (χ0) is 22.2. The van der Waals surface area contributed by atoms with Gasteiger partial charge in [0.2, 0.25) is 5.91 Å². The number of nitrogens with one attached hydrogen (secondary N) is 1. The maximum Gasteiger partial charge on any atom is 0.254 e. The van der Waals surface area contributed by atoms with E-state index in [0.29, 0.717) is 42.0 Å². The summed E-state index contributed by atoms with van der Waals surface area (Å²) < 4.78 is 10.6. The molecule has 3 aliphatic rings. The minimum Gasteiger partial charge on any atom is -0.497 e. The van der Waals surface area contributed by atoms with Gasteiger partial charge in [0.15, 0.2) is 0 Å². The molecule has 0 aromatic heterocycles. The van der Waals surface area contributed by atoms with Gasteiger partial charge < -0.3 is 24.6 Å². The highest BCUT2D eigenvalue weighted by Gasteiger charge is 2.57. The molecule has 1 aromatic carbocycles. The number of benzene rings is 1. The monoisotopic (exact) mass is 429 g/mol. The lowest BCUT2D eigenvalue weighted by Gasteiger charge is -2.43. The molecule has 0 radical (unpaired) electrons. The van der Waals surface area contributed by atoms with E-state index in [1.54, 1.807) is 32.4 Å². The average molecular weight is 430 g/mol. The Balaban J connectivity index is 1.43. The topological polar surface area (TPSA) is 71.1 Å². The van der Waals surface area contributed by atoms with Crippen molar-refractivity contribution in [1.82, 2.24) is 15.1 Å². The summed E-state index contributed by atoms with van der Waals surface area (Å²) in [4.78, 5) is 30.3. The molecular weight excluding hydrogens is 394 g/mol. The Morgan fingerprint density at radius 1 is 1.16 bits per heavy atom. The predicted octanol–water partition coefficient (Wildman–Crippen LogP) is 2.40. The van der Waals surface area contributed by atoms with Gasteiger partial charge >= 0.3 is 0 Å². The van der Waals surface area contributed by atoms with E-state index in [1.165, 1.54) is 0 Å². The number of carbonyl (C=O) groups is 2. The Hall–Kier alpha value is -2.28. The number of ether oxygens (including phenoxy) is 2. The number of hydrogen-bond acceptors (Lipinski definition) is 5. The van der Waals surface area contributed by atoms with Crippen LogP contribution < -0.4 is 14.8 Å². The van der Waals surface area contributed by atoms with Crippen molar-refractivity contribution >= 4 is 11.8 Å². The second-order valence-corrected chi connectivity index (χ2v) is 9.48. The highest BCUT2D eigenvalue weighted by Crippen LogP contribution is 2.44. The molecular formula is C24H35N3O4. The molecule has 3 atom stereocenters. The van der Waals surface area contributed by atoms with Crippen LogP contribution in [0.25, 0.3) is 0 Å². The molecule has 2 amide bonds. The summed E-state index contributed by atoms with van der Waals surface area (Å²) in [5.41, 5.74) is 0.399. The standard InChI is InChI=1S/C24H35N3O4/c1-5-16(2)13-26-14-20-21(15-26)24(25-22(20)28)6-8-27(9-7-24)23(29)17-10-18(30-3)12-19(11-17)31-4/h10-12,16,20-21H,5-9,13-15H2,1-4H3,(H,25,28)/t16-,20+,21-/m0/s1. The molecule has 3 fully saturated rings. The molecule has 3 aliphatic heterocycles. The molecule has 3 heterocycles. The summed E-state index contributed by atoms with van der Waals surface area (Å²) in [5, 5.41) is 3.35. The molecule has 0 unspecified atom stereocenters. The van der Waals surface area contributed by atoms with E-state index in [-0.39, 0.29) is 23.3 Å². The lowest BCUT2D eigenvalue weighted by atomic mass is 9.75. The number of hydrogen-bond donors (Lipinski definition) is 1. The van der Waals surface area contributed by atoms with Crippen molar-refractivity contribution in [2.75, 3.05) is 46.9 Å². The fourth-order valence-corrected chi connectivity index (χ4v) is 5.58. The van der Waals surface area contributed by atoms with Crippen molar-refractivity contribution in [3.05, 3.63) is 23.8 Å². The zero-order valence-electron chi connectivity index (χ0n) is 19.1. The number of carbonyl (C=O) groups excluding carboxylic acids is 2. The fourth-order valence-electron chi connectivity index (χ4n) is 5.58. The third kappa shape index (κ3) is 4.12. The molecule has 0 bridgehead atoms. The molecule has 0 aliphatic carbocycles. The van der Waals surface area contributed by atoms with E-state index in [9.17, 15) is 9.59 Å². The van der Waals surface area contributed by atoms with Crippen LogP contribution in [0.3, 0.4) is 0 Å². The Kier molecular flexibility index (Phi) is 6.15. The first kappa shape index (κ1) is 21.9. The van der Waals surface area contributed by atoms with E-state index < -0.39 is 0 Å². The molecule has 7 heteroatoms. The van der Waals surface area contributed by atoms with Gasteiger partial charge in [-0.1, -0.05) is 20.3 Å². The summed E-state index contributed by atoms with van der Waals surface area (Å²) in [6, 6.07) is 5.28. The summed E-state index contributed by atoms with van der Waals surface area (Å²) in [5.74, 6) is 2.49. The van der Waals surface area contributed by atoms with Crippen molar-refractivity contribution < 1.29 is 19.1 Å². The van der Waals surface area contributed by atoms with Crippen molar-refractivity contribution in [2.24, 2.45) is 17.8 Å². The summed E-state index contributed by atoms with van der Waals surface area (Å²) in [6.07, 6.45) is 2.78. The molecule has 3 saturated heterocycles. The fraction of sp³-hybridized carbons (Fsp3) is 0.667.